The zero-order valence-corrected chi connectivity index (χ0v) is 9.32. The third-order valence-electron chi connectivity index (χ3n) is 2.44. The summed E-state index contributed by atoms with van der Waals surface area (Å²) >= 11 is 0. The van der Waals surface area contributed by atoms with Crippen LogP contribution in [-0.4, -0.2) is 44.5 Å². The van der Waals surface area contributed by atoms with E-state index in [9.17, 15) is 4.79 Å². The van der Waals surface area contributed by atoms with Gasteiger partial charge in [0.05, 0.1) is 19.8 Å². The molecule has 0 amide bonds. The van der Waals surface area contributed by atoms with E-state index in [4.69, 9.17) is 15.2 Å². The van der Waals surface area contributed by atoms with Gasteiger partial charge >= 0.3 is 5.97 Å². The van der Waals surface area contributed by atoms with Crippen LogP contribution in [0.3, 0.4) is 0 Å². The maximum Gasteiger partial charge on any atom is 0.327 e. The van der Waals surface area contributed by atoms with Crippen LogP contribution < -0.4 is 5.73 Å². The van der Waals surface area contributed by atoms with Crippen molar-refractivity contribution in [2.45, 2.75) is 31.4 Å². The van der Waals surface area contributed by atoms with Crippen LogP contribution in [0.2, 0.25) is 0 Å². The second-order valence-corrected chi connectivity index (χ2v) is 4.03. The Bertz CT molecular complexity index is 211. The Balaban J connectivity index is 2.31. The molecule has 1 atom stereocenters. The number of hydrogen-bond acceptors (Lipinski definition) is 5. The van der Waals surface area contributed by atoms with Crippen molar-refractivity contribution in [2.24, 2.45) is 5.73 Å². The molecule has 0 aromatic heterocycles. The van der Waals surface area contributed by atoms with Crippen LogP contribution in [0.4, 0.5) is 0 Å². The molecule has 1 fully saturated rings. The molecule has 1 unspecified atom stereocenters. The standard InChI is InChI=1S/C10H19NO4/c1-10(11,9(12)13-2)7-15-8-3-5-14-6-4-8/h8H,3-7,11H2,1-2H3. The van der Waals surface area contributed by atoms with Gasteiger partial charge in [0.2, 0.25) is 0 Å². The molecule has 5 heteroatoms. The van der Waals surface area contributed by atoms with Crippen molar-refractivity contribution in [1.82, 2.24) is 0 Å². The molecular formula is C10H19NO4. The molecule has 0 bridgehead atoms. The number of carbonyl (C=O) groups is 1. The van der Waals surface area contributed by atoms with Crippen molar-refractivity contribution in [1.29, 1.82) is 0 Å². The molecule has 1 rings (SSSR count). The van der Waals surface area contributed by atoms with E-state index >= 15 is 0 Å². The molecule has 15 heavy (non-hydrogen) atoms. The van der Waals surface area contributed by atoms with E-state index in [0.29, 0.717) is 13.2 Å². The molecular weight excluding hydrogens is 198 g/mol. The van der Waals surface area contributed by atoms with E-state index in [1.807, 2.05) is 0 Å². The largest absolute Gasteiger partial charge is 0.468 e. The van der Waals surface area contributed by atoms with Crippen molar-refractivity contribution in [2.75, 3.05) is 26.9 Å². The average Bonchev–Trinajstić information content (AvgIpc) is 2.27. The van der Waals surface area contributed by atoms with Gasteiger partial charge in [-0.25, -0.2) is 4.79 Å². The van der Waals surface area contributed by atoms with Crippen LogP contribution in [0.1, 0.15) is 19.8 Å². The highest BCUT2D eigenvalue weighted by Gasteiger charge is 2.31. The van der Waals surface area contributed by atoms with Crippen molar-refractivity contribution >= 4 is 5.97 Å². The van der Waals surface area contributed by atoms with Crippen LogP contribution in [0.15, 0.2) is 0 Å². The van der Waals surface area contributed by atoms with Gasteiger partial charge in [0, 0.05) is 13.2 Å². The van der Waals surface area contributed by atoms with Gasteiger partial charge in [-0.15, -0.1) is 0 Å². The Morgan fingerprint density at radius 2 is 2.13 bits per heavy atom. The van der Waals surface area contributed by atoms with Crippen LogP contribution in [0, 0.1) is 0 Å². The van der Waals surface area contributed by atoms with Gasteiger partial charge in [0.1, 0.15) is 5.54 Å². The Kier molecular flexibility index (Phi) is 4.50. The van der Waals surface area contributed by atoms with Crippen molar-refractivity contribution in [3.63, 3.8) is 0 Å². The summed E-state index contributed by atoms with van der Waals surface area (Å²) in [4.78, 5) is 11.3. The summed E-state index contributed by atoms with van der Waals surface area (Å²) in [6.07, 6.45) is 1.86. The first kappa shape index (κ1) is 12.4. The zero-order chi connectivity index (χ0) is 11.3. The van der Waals surface area contributed by atoms with Crippen molar-refractivity contribution in [3.8, 4) is 0 Å². The number of esters is 1. The minimum absolute atomic E-state index is 0.145. The summed E-state index contributed by atoms with van der Waals surface area (Å²) in [7, 11) is 1.32. The predicted molar refractivity (Wildman–Crippen MR) is 54.4 cm³/mol. The Hall–Kier alpha value is -0.650. The first-order valence-corrected chi connectivity index (χ1v) is 5.13. The fourth-order valence-electron chi connectivity index (χ4n) is 1.43. The molecule has 0 aliphatic carbocycles. The van der Waals surface area contributed by atoms with E-state index in [1.165, 1.54) is 7.11 Å². The van der Waals surface area contributed by atoms with E-state index in [2.05, 4.69) is 4.74 Å². The summed E-state index contributed by atoms with van der Waals surface area (Å²) in [6.45, 7) is 3.22. The normalized spacial score (nSPS) is 22.1. The fourth-order valence-corrected chi connectivity index (χ4v) is 1.43. The van der Waals surface area contributed by atoms with Gasteiger partial charge < -0.3 is 19.9 Å². The number of ether oxygens (including phenoxy) is 3. The quantitative estimate of drug-likeness (QED) is 0.675. The predicted octanol–water partition coefficient (Wildman–Crippen LogP) is 0.0724. The molecule has 2 N–H and O–H groups in total. The molecule has 1 aliphatic heterocycles. The lowest BCUT2D eigenvalue weighted by molar-refractivity contribution is -0.150. The molecule has 0 aromatic carbocycles. The van der Waals surface area contributed by atoms with Crippen molar-refractivity contribution in [3.05, 3.63) is 0 Å². The summed E-state index contributed by atoms with van der Waals surface area (Å²) in [6, 6.07) is 0. The Morgan fingerprint density at radius 1 is 1.53 bits per heavy atom. The van der Waals surface area contributed by atoms with E-state index in [-0.39, 0.29) is 12.7 Å². The highest BCUT2D eigenvalue weighted by molar-refractivity contribution is 5.80. The van der Waals surface area contributed by atoms with Crippen LogP contribution >= 0.6 is 0 Å². The van der Waals surface area contributed by atoms with Gasteiger partial charge in [-0.3, -0.25) is 0 Å². The number of hydrogen-bond donors (Lipinski definition) is 1. The summed E-state index contributed by atoms with van der Waals surface area (Å²) < 4.78 is 15.3. The Morgan fingerprint density at radius 3 is 2.67 bits per heavy atom. The minimum Gasteiger partial charge on any atom is -0.468 e. The molecule has 1 heterocycles. The first-order chi connectivity index (χ1) is 7.06. The summed E-state index contributed by atoms with van der Waals surface area (Å²) in [5.41, 5.74) is 4.69. The van der Waals surface area contributed by atoms with E-state index in [0.717, 1.165) is 12.8 Å². The lowest BCUT2D eigenvalue weighted by Gasteiger charge is -2.27. The van der Waals surface area contributed by atoms with Gasteiger partial charge in [-0.2, -0.15) is 0 Å². The highest BCUT2D eigenvalue weighted by Crippen LogP contribution is 2.13. The second kappa shape index (κ2) is 5.44. The minimum atomic E-state index is -1.06. The first-order valence-electron chi connectivity index (χ1n) is 5.13. The monoisotopic (exact) mass is 217 g/mol. The highest BCUT2D eigenvalue weighted by atomic mass is 16.5. The average molecular weight is 217 g/mol. The fraction of sp³-hybridized carbons (Fsp3) is 0.900. The molecule has 5 nitrogen and oxygen atoms in total. The number of carbonyl (C=O) groups excluding carboxylic acids is 1. The smallest absolute Gasteiger partial charge is 0.327 e. The van der Waals surface area contributed by atoms with Gasteiger partial charge in [0.15, 0.2) is 0 Å². The van der Waals surface area contributed by atoms with Gasteiger partial charge in [-0.05, 0) is 19.8 Å². The molecule has 1 saturated heterocycles. The number of rotatable bonds is 4. The van der Waals surface area contributed by atoms with Crippen molar-refractivity contribution < 1.29 is 19.0 Å². The van der Waals surface area contributed by atoms with E-state index in [1.54, 1.807) is 6.92 Å². The molecule has 0 spiro atoms. The van der Waals surface area contributed by atoms with Crippen LogP contribution in [0.5, 0.6) is 0 Å². The van der Waals surface area contributed by atoms with Gasteiger partial charge in [0.25, 0.3) is 0 Å². The SMILES string of the molecule is COC(=O)C(C)(N)COC1CCOCC1. The molecule has 1 aliphatic rings. The Labute approximate surface area is 89.9 Å². The lowest BCUT2D eigenvalue weighted by atomic mass is 10.1. The number of methoxy groups -OCH3 is 1. The second-order valence-electron chi connectivity index (χ2n) is 4.03. The maximum atomic E-state index is 11.3. The third-order valence-corrected chi connectivity index (χ3v) is 2.44. The van der Waals surface area contributed by atoms with Gasteiger partial charge in [-0.1, -0.05) is 0 Å². The third kappa shape index (κ3) is 3.77. The molecule has 0 aromatic rings. The van der Waals surface area contributed by atoms with Crippen LogP contribution in [0.25, 0.3) is 0 Å². The van der Waals surface area contributed by atoms with Crippen LogP contribution in [-0.2, 0) is 19.0 Å². The molecule has 0 radical (unpaired) electrons. The summed E-state index contributed by atoms with van der Waals surface area (Å²) in [5.74, 6) is -0.449. The number of nitrogens with two attached hydrogens (primary N) is 1. The topological polar surface area (TPSA) is 70.8 Å². The zero-order valence-electron chi connectivity index (χ0n) is 9.32. The summed E-state index contributed by atoms with van der Waals surface area (Å²) in [5, 5.41) is 0. The lowest BCUT2D eigenvalue weighted by Crippen LogP contribution is -2.50. The van der Waals surface area contributed by atoms with E-state index < -0.39 is 11.5 Å². The maximum absolute atomic E-state index is 11.3. The molecule has 88 valence electrons. The molecule has 0 saturated carbocycles.